The van der Waals surface area contributed by atoms with Gasteiger partial charge in [-0.15, -0.1) is 0 Å². The van der Waals surface area contributed by atoms with E-state index in [1.807, 2.05) is 0 Å². The quantitative estimate of drug-likeness (QED) is 0.538. The third-order valence-electron chi connectivity index (χ3n) is 2.06. The number of aliphatic hydroxyl groups excluding tert-OH is 1. The van der Waals surface area contributed by atoms with E-state index < -0.39 is 37.9 Å². The van der Waals surface area contributed by atoms with Gasteiger partial charge in [0.15, 0.2) is 0 Å². The zero-order valence-electron chi connectivity index (χ0n) is 8.01. The molecule has 1 aliphatic heterocycles. The Balaban J connectivity index is 2.32. The Kier molecular flexibility index (Phi) is 2.94. The first-order chi connectivity index (χ1) is 7.08. The minimum absolute atomic E-state index is 0.228. The molecule has 2 N–H and O–H groups in total. The predicted molar refractivity (Wildman–Crippen MR) is 62.2 cm³/mol. The van der Waals surface area contributed by atoms with Crippen LogP contribution in [0.4, 0.5) is 0 Å². The van der Waals surface area contributed by atoms with Gasteiger partial charge in [0.25, 0.3) is 0 Å². The molecular formula is C8H11IN2O4. The predicted octanol–water partition coefficient (Wildman–Crippen LogP) is -0.499. The molecule has 1 aromatic heterocycles. The van der Waals surface area contributed by atoms with Crippen LogP contribution < -0.4 is 11.2 Å². The third kappa shape index (κ3) is 2.13. The first kappa shape index (κ1) is 10.8. The zero-order valence-corrected chi connectivity index (χ0v) is 10.2. The number of aromatic nitrogens is 2. The number of aromatic amines is 1. The Morgan fingerprint density at radius 2 is 2.40 bits per heavy atom. The van der Waals surface area contributed by atoms with Gasteiger partial charge in [0.2, 0.25) is 0 Å². The molecule has 2 unspecified atom stereocenters. The Morgan fingerprint density at radius 1 is 1.67 bits per heavy atom. The fourth-order valence-corrected chi connectivity index (χ4v) is 5.94. The molecule has 1 aromatic rings. The van der Waals surface area contributed by atoms with Crippen molar-refractivity contribution in [1.82, 2.24) is 7.76 Å². The average Bonchev–Trinajstić information content (AvgIpc) is 2.46. The summed E-state index contributed by atoms with van der Waals surface area (Å²) in [5, 5.41) is 9.50. The number of nitrogens with one attached hydrogen (secondary N) is 1. The molecule has 1 fully saturated rings. The van der Waals surface area contributed by atoms with Crippen molar-refractivity contribution in [3.63, 3.8) is 0 Å². The van der Waals surface area contributed by atoms with E-state index in [0.29, 0.717) is 4.43 Å². The van der Waals surface area contributed by atoms with E-state index >= 15 is 0 Å². The third-order valence-corrected chi connectivity index (χ3v) is 7.02. The maximum atomic E-state index is 11.4. The molecule has 2 atom stereocenters. The van der Waals surface area contributed by atoms with Gasteiger partial charge in [-0.3, -0.25) is 0 Å². The molecule has 0 saturated carbocycles. The molecule has 1 saturated heterocycles. The van der Waals surface area contributed by atoms with Crippen LogP contribution in [0, 0.1) is 0 Å². The summed E-state index contributed by atoms with van der Waals surface area (Å²) in [6.07, 6.45) is 0.708. The molecule has 0 aromatic carbocycles. The molecule has 0 radical (unpaired) electrons. The van der Waals surface area contributed by atoms with E-state index in [9.17, 15) is 14.7 Å². The van der Waals surface area contributed by atoms with Crippen molar-refractivity contribution in [3.05, 3.63) is 33.1 Å². The number of halogens is 1. The molecule has 84 valence electrons. The van der Waals surface area contributed by atoms with E-state index in [1.165, 1.54) is 15.0 Å². The standard InChI is InChI=1S/C8H11IN2O4/c1-5-6(12)4-9(15-5)11-3-2-7(13)10-8(11)14/h2-3,5-6,12H,4H2,1H3,(H,10,13,14). The Labute approximate surface area is 93.2 Å². The molecule has 7 heteroatoms. The Bertz CT molecular complexity index is 458. The van der Waals surface area contributed by atoms with Crippen LogP contribution in [0.3, 0.4) is 0 Å². The fraction of sp³-hybridized carbons (Fsp3) is 0.500. The molecule has 0 amide bonds. The van der Waals surface area contributed by atoms with Crippen molar-refractivity contribution in [2.24, 2.45) is 0 Å². The molecule has 0 spiro atoms. The van der Waals surface area contributed by atoms with Crippen LogP contribution >= 0.6 is 20.5 Å². The number of hydrogen-bond acceptors (Lipinski definition) is 4. The summed E-state index contributed by atoms with van der Waals surface area (Å²) in [5.41, 5.74) is -0.867. The van der Waals surface area contributed by atoms with Gasteiger partial charge >= 0.3 is 93.1 Å². The van der Waals surface area contributed by atoms with Crippen LogP contribution in [-0.2, 0) is 3.07 Å². The monoisotopic (exact) mass is 326 g/mol. The van der Waals surface area contributed by atoms with Crippen molar-refractivity contribution in [1.29, 1.82) is 0 Å². The number of hydrogen-bond donors (Lipinski definition) is 2. The Hall–Kier alpha value is -0.670. The normalized spacial score (nSPS) is 28.3. The van der Waals surface area contributed by atoms with Crippen molar-refractivity contribution in [2.75, 3.05) is 4.43 Å². The van der Waals surface area contributed by atoms with E-state index in [0.717, 1.165) is 0 Å². The van der Waals surface area contributed by atoms with Crippen LogP contribution in [0.15, 0.2) is 21.9 Å². The summed E-state index contributed by atoms with van der Waals surface area (Å²) in [5.74, 6) is 0. The first-order valence-corrected chi connectivity index (χ1v) is 7.79. The molecule has 1 aliphatic rings. The summed E-state index contributed by atoms with van der Waals surface area (Å²) >= 11 is -2.11. The van der Waals surface area contributed by atoms with Crippen molar-refractivity contribution in [3.8, 4) is 0 Å². The van der Waals surface area contributed by atoms with Gasteiger partial charge in [-0.1, -0.05) is 0 Å². The van der Waals surface area contributed by atoms with Crippen LogP contribution in [0.5, 0.6) is 0 Å². The summed E-state index contributed by atoms with van der Waals surface area (Å²) in [7, 11) is 0. The number of nitrogens with zero attached hydrogens (tertiary/aromatic N) is 1. The number of H-pyrrole nitrogens is 1. The van der Waals surface area contributed by atoms with E-state index in [-0.39, 0.29) is 6.10 Å². The van der Waals surface area contributed by atoms with Gasteiger partial charge < -0.3 is 0 Å². The van der Waals surface area contributed by atoms with Crippen LogP contribution in [0.2, 0.25) is 0 Å². The summed E-state index contributed by atoms with van der Waals surface area (Å²) in [4.78, 5) is 24.4. The second-order valence-corrected chi connectivity index (χ2v) is 7.36. The molecule has 0 aliphatic carbocycles. The summed E-state index contributed by atoms with van der Waals surface area (Å²) in [6, 6.07) is 1.29. The molecule has 2 heterocycles. The van der Waals surface area contributed by atoms with Gasteiger partial charge in [0.05, 0.1) is 0 Å². The van der Waals surface area contributed by atoms with Crippen LogP contribution in [0.1, 0.15) is 6.92 Å². The second kappa shape index (κ2) is 4.06. The summed E-state index contributed by atoms with van der Waals surface area (Å²) < 4.78 is 7.47. The van der Waals surface area contributed by atoms with E-state index in [2.05, 4.69) is 4.98 Å². The van der Waals surface area contributed by atoms with Gasteiger partial charge in [-0.2, -0.15) is 0 Å². The van der Waals surface area contributed by atoms with Crippen LogP contribution in [-0.4, -0.2) is 29.5 Å². The molecule has 15 heavy (non-hydrogen) atoms. The van der Waals surface area contributed by atoms with Gasteiger partial charge in [0.1, 0.15) is 0 Å². The van der Waals surface area contributed by atoms with Gasteiger partial charge in [-0.05, 0) is 0 Å². The summed E-state index contributed by atoms with van der Waals surface area (Å²) in [6.45, 7) is 1.78. The van der Waals surface area contributed by atoms with Crippen molar-refractivity contribution in [2.45, 2.75) is 19.1 Å². The SMILES string of the molecule is CC1OI(n2ccc(=O)[nH]c2=O)CC1O. The van der Waals surface area contributed by atoms with Gasteiger partial charge in [-0.25, -0.2) is 0 Å². The first-order valence-electron chi connectivity index (χ1n) is 4.42. The van der Waals surface area contributed by atoms with Gasteiger partial charge in [0, 0.05) is 0 Å². The minimum atomic E-state index is -2.11. The van der Waals surface area contributed by atoms with Crippen molar-refractivity contribution >= 4 is 20.5 Å². The van der Waals surface area contributed by atoms with Crippen molar-refractivity contribution < 1.29 is 8.17 Å². The number of alkyl halides is 1. The molecule has 0 bridgehead atoms. The topological polar surface area (TPSA) is 84.3 Å². The number of rotatable bonds is 1. The second-order valence-electron chi connectivity index (χ2n) is 3.23. The molecular weight excluding hydrogens is 315 g/mol. The number of aliphatic hydroxyl groups is 1. The molecule has 6 nitrogen and oxygen atoms in total. The van der Waals surface area contributed by atoms with E-state index in [1.54, 1.807) is 6.92 Å². The maximum absolute atomic E-state index is 11.4. The Morgan fingerprint density at radius 3 is 2.93 bits per heavy atom. The zero-order chi connectivity index (χ0) is 11.0. The van der Waals surface area contributed by atoms with Crippen LogP contribution in [0.25, 0.3) is 0 Å². The average molecular weight is 326 g/mol. The van der Waals surface area contributed by atoms with E-state index in [4.69, 9.17) is 3.07 Å². The fourth-order valence-electron chi connectivity index (χ4n) is 1.19. The molecule has 2 rings (SSSR count).